The van der Waals surface area contributed by atoms with Crippen molar-refractivity contribution in [2.24, 2.45) is 5.92 Å². The van der Waals surface area contributed by atoms with Crippen molar-refractivity contribution in [2.45, 2.75) is 38.7 Å². The summed E-state index contributed by atoms with van der Waals surface area (Å²) < 4.78 is 5.32. The predicted molar refractivity (Wildman–Crippen MR) is 98.6 cm³/mol. The van der Waals surface area contributed by atoms with Crippen LogP contribution in [0.3, 0.4) is 0 Å². The topological polar surface area (TPSA) is 69.9 Å². The minimum atomic E-state index is -0.506. The van der Waals surface area contributed by atoms with Crippen molar-refractivity contribution in [2.75, 3.05) is 13.2 Å². The number of aromatic hydroxyl groups is 2. The molecule has 1 aliphatic carbocycles. The molecule has 0 saturated heterocycles. The number of hydrogen-bond donors (Lipinski definition) is 3. The number of aliphatic hydroxyl groups excluding tert-OH is 1. The van der Waals surface area contributed by atoms with Crippen molar-refractivity contribution in [1.82, 2.24) is 0 Å². The summed E-state index contributed by atoms with van der Waals surface area (Å²) in [5.74, 6) is -0.0552. The molecule has 3 atom stereocenters. The summed E-state index contributed by atoms with van der Waals surface area (Å²) in [7, 11) is 0. The largest absolute Gasteiger partial charge is 0.507 e. The van der Waals surface area contributed by atoms with Crippen molar-refractivity contribution in [1.29, 1.82) is 0 Å². The predicted octanol–water partition coefficient (Wildman–Crippen LogP) is 3.89. The van der Waals surface area contributed by atoms with Crippen LogP contribution in [0, 0.1) is 5.92 Å². The Morgan fingerprint density at radius 1 is 1.24 bits per heavy atom. The number of hydrogen-bond acceptors (Lipinski definition) is 4. The monoisotopic (exact) mass is 342 g/mol. The Morgan fingerprint density at radius 2 is 1.92 bits per heavy atom. The number of allylic oxidation sites excluding steroid dienone is 2. The Kier molecular flexibility index (Phi) is 5.02. The fraction of sp³-hybridized carbons (Fsp3) is 0.429. The maximum absolute atomic E-state index is 10.7. The van der Waals surface area contributed by atoms with Crippen molar-refractivity contribution in [3.63, 3.8) is 0 Å². The first-order chi connectivity index (χ1) is 11.9. The molecule has 2 aliphatic rings. The minimum absolute atomic E-state index is 0.0244. The molecular weight excluding hydrogens is 316 g/mol. The first kappa shape index (κ1) is 17.8. The zero-order chi connectivity index (χ0) is 18.1. The second-order valence-corrected chi connectivity index (χ2v) is 7.12. The Bertz CT molecular complexity index is 721. The smallest absolute Gasteiger partial charge is 0.123 e. The molecule has 4 heteroatoms. The number of benzene rings is 1. The second kappa shape index (κ2) is 7.06. The summed E-state index contributed by atoms with van der Waals surface area (Å²) in [5.41, 5.74) is 4.20. The van der Waals surface area contributed by atoms with Gasteiger partial charge in [0, 0.05) is 11.5 Å². The molecule has 0 radical (unpaired) electrons. The summed E-state index contributed by atoms with van der Waals surface area (Å²) in [6, 6.07) is 3.44. The van der Waals surface area contributed by atoms with E-state index in [1.165, 1.54) is 0 Å². The van der Waals surface area contributed by atoms with Gasteiger partial charge in [0.05, 0.1) is 19.3 Å². The summed E-state index contributed by atoms with van der Waals surface area (Å²) in [6.45, 7) is 9.04. The van der Waals surface area contributed by atoms with Gasteiger partial charge in [0.25, 0.3) is 0 Å². The Balaban J connectivity index is 2.04. The zero-order valence-corrected chi connectivity index (χ0v) is 14.8. The number of rotatable bonds is 3. The highest BCUT2D eigenvalue weighted by atomic mass is 16.5. The van der Waals surface area contributed by atoms with Gasteiger partial charge in [-0.3, -0.25) is 0 Å². The zero-order valence-electron chi connectivity index (χ0n) is 14.8. The molecule has 0 spiro atoms. The lowest BCUT2D eigenvalue weighted by Gasteiger charge is -2.34. The molecule has 0 bridgehead atoms. The molecule has 4 nitrogen and oxygen atoms in total. The third-order valence-corrected chi connectivity index (χ3v) is 5.32. The van der Waals surface area contributed by atoms with Crippen LogP contribution in [0.5, 0.6) is 11.5 Å². The number of phenols is 2. The lowest BCUT2D eigenvalue weighted by Crippen LogP contribution is -2.26. The first-order valence-corrected chi connectivity index (χ1v) is 8.73. The molecule has 25 heavy (non-hydrogen) atoms. The van der Waals surface area contributed by atoms with E-state index in [0.717, 1.165) is 28.7 Å². The fourth-order valence-electron chi connectivity index (χ4n) is 3.81. The van der Waals surface area contributed by atoms with Gasteiger partial charge < -0.3 is 20.1 Å². The summed E-state index contributed by atoms with van der Waals surface area (Å²) in [6.07, 6.45) is 4.73. The molecule has 3 unspecified atom stereocenters. The summed E-state index contributed by atoms with van der Waals surface area (Å²) in [4.78, 5) is 0. The summed E-state index contributed by atoms with van der Waals surface area (Å²) >= 11 is 0. The van der Waals surface area contributed by atoms with Crippen LogP contribution < -0.4 is 0 Å². The van der Waals surface area contributed by atoms with Crippen LogP contribution in [0.15, 0.2) is 42.0 Å². The van der Waals surface area contributed by atoms with Gasteiger partial charge in [0.2, 0.25) is 0 Å². The van der Waals surface area contributed by atoms with Crippen LogP contribution in [0.1, 0.15) is 43.7 Å². The van der Waals surface area contributed by atoms with Crippen LogP contribution in [0.4, 0.5) is 0 Å². The molecule has 0 amide bonds. The lowest BCUT2D eigenvalue weighted by atomic mass is 9.72. The van der Waals surface area contributed by atoms with Gasteiger partial charge in [-0.05, 0) is 61.4 Å². The van der Waals surface area contributed by atoms with Gasteiger partial charge in [0.1, 0.15) is 11.5 Å². The molecule has 3 rings (SSSR count). The highest BCUT2D eigenvalue weighted by Crippen LogP contribution is 2.47. The van der Waals surface area contributed by atoms with Crippen LogP contribution in [0.2, 0.25) is 0 Å². The van der Waals surface area contributed by atoms with Gasteiger partial charge >= 0.3 is 0 Å². The minimum Gasteiger partial charge on any atom is -0.507 e. The number of phenolic OH excluding ortho intramolecular Hbond substituents is 2. The molecule has 1 aromatic carbocycles. The molecule has 1 heterocycles. The van der Waals surface area contributed by atoms with Crippen LogP contribution in [-0.4, -0.2) is 34.6 Å². The molecule has 1 aromatic rings. The standard InChI is InChI=1S/C21H26O4/c1-12(2)16-11-18(22)13(3)8-17(16)21-19(23)9-15(10-20(21)24)14-4-6-25-7-5-14/h4,8-10,16-18,22-24H,1,5-7,11H2,2-3H3. The van der Waals surface area contributed by atoms with E-state index >= 15 is 0 Å². The van der Waals surface area contributed by atoms with Crippen LogP contribution >= 0.6 is 0 Å². The third-order valence-electron chi connectivity index (χ3n) is 5.32. The Morgan fingerprint density at radius 3 is 2.48 bits per heavy atom. The highest BCUT2D eigenvalue weighted by Gasteiger charge is 2.33. The van der Waals surface area contributed by atoms with E-state index in [0.29, 0.717) is 25.2 Å². The van der Waals surface area contributed by atoms with Crippen molar-refractivity contribution in [3.05, 3.63) is 53.1 Å². The Labute approximate surface area is 148 Å². The molecule has 1 aliphatic heterocycles. The van der Waals surface area contributed by atoms with Gasteiger partial charge in [-0.1, -0.05) is 24.3 Å². The van der Waals surface area contributed by atoms with E-state index in [4.69, 9.17) is 4.74 Å². The SMILES string of the molecule is C=C(C)C1CC(O)C(C)=CC1c1c(O)cc(C2=CCOCC2)cc1O. The molecule has 3 N–H and O–H groups in total. The second-order valence-electron chi connectivity index (χ2n) is 7.12. The molecule has 134 valence electrons. The van der Waals surface area contributed by atoms with E-state index < -0.39 is 6.10 Å². The van der Waals surface area contributed by atoms with E-state index in [9.17, 15) is 15.3 Å². The average Bonchev–Trinajstić information content (AvgIpc) is 2.57. The van der Waals surface area contributed by atoms with Gasteiger partial charge in [-0.2, -0.15) is 0 Å². The third kappa shape index (κ3) is 3.51. The Hall–Kier alpha value is -2.04. The molecule has 0 aromatic heterocycles. The summed E-state index contributed by atoms with van der Waals surface area (Å²) in [5, 5.41) is 31.5. The first-order valence-electron chi connectivity index (χ1n) is 8.73. The van der Waals surface area contributed by atoms with E-state index in [2.05, 4.69) is 6.58 Å². The lowest BCUT2D eigenvalue weighted by molar-refractivity contribution is 0.161. The molecule has 0 fully saturated rings. The van der Waals surface area contributed by atoms with Crippen molar-refractivity contribution < 1.29 is 20.1 Å². The van der Waals surface area contributed by atoms with E-state index in [-0.39, 0.29) is 23.3 Å². The van der Waals surface area contributed by atoms with Gasteiger partial charge in [0.15, 0.2) is 0 Å². The van der Waals surface area contributed by atoms with E-state index in [1.54, 1.807) is 12.1 Å². The maximum Gasteiger partial charge on any atom is 0.123 e. The quantitative estimate of drug-likeness (QED) is 0.729. The van der Waals surface area contributed by atoms with Crippen LogP contribution in [0.25, 0.3) is 5.57 Å². The van der Waals surface area contributed by atoms with E-state index in [1.807, 2.05) is 26.0 Å². The average molecular weight is 342 g/mol. The number of ether oxygens (including phenoxy) is 1. The molecule has 0 saturated carbocycles. The van der Waals surface area contributed by atoms with Gasteiger partial charge in [-0.25, -0.2) is 0 Å². The maximum atomic E-state index is 10.7. The highest BCUT2D eigenvalue weighted by molar-refractivity contribution is 5.70. The molecular formula is C21H26O4. The van der Waals surface area contributed by atoms with Crippen molar-refractivity contribution >= 4 is 5.57 Å². The normalized spacial score (nSPS) is 26.8. The fourth-order valence-corrected chi connectivity index (χ4v) is 3.81. The number of aliphatic hydroxyl groups is 1. The van der Waals surface area contributed by atoms with Crippen molar-refractivity contribution in [3.8, 4) is 11.5 Å². The van der Waals surface area contributed by atoms with Gasteiger partial charge in [-0.15, -0.1) is 0 Å². The van der Waals surface area contributed by atoms with Crippen LogP contribution in [-0.2, 0) is 4.74 Å².